The molecule has 2 rings (SSSR count). The number of amidine groups is 1. The number of rotatable bonds is 2. The van der Waals surface area contributed by atoms with Gasteiger partial charge in [-0.05, 0) is 6.92 Å². The van der Waals surface area contributed by atoms with Crippen LogP contribution in [-0.4, -0.2) is 33.4 Å². The Kier molecular flexibility index (Phi) is 2.49. The number of nitrogens with one attached hydrogen (secondary N) is 2. The summed E-state index contributed by atoms with van der Waals surface area (Å²) in [7, 11) is 0. The predicted octanol–water partition coefficient (Wildman–Crippen LogP) is 0.306. The highest BCUT2D eigenvalue weighted by Gasteiger charge is 2.07. The second-order valence-electron chi connectivity index (χ2n) is 2.74. The van der Waals surface area contributed by atoms with E-state index >= 15 is 0 Å². The number of aryl methyl sites for hydroxylation is 1. The molecule has 1 aromatic rings. The summed E-state index contributed by atoms with van der Waals surface area (Å²) in [6, 6.07) is 0. The van der Waals surface area contributed by atoms with Crippen molar-refractivity contribution in [3.63, 3.8) is 0 Å². The third kappa shape index (κ3) is 2.21. The number of aliphatic imine (C=N–C) groups is 1. The van der Waals surface area contributed by atoms with Gasteiger partial charge in [-0.3, -0.25) is 10.1 Å². The van der Waals surface area contributed by atoms with Gasteiger partial charge in [-0.15, -0.1) is 0 Å². The maximum atomic E-state index is 4.26. The van der Waals surface area contributed by atoms with Crippen molar-refractivity contribution in [3.05, 3.63) is 11.6 Å². The van der Waals surface area contributed by atoms with Gasteiger partial charge in [0.2, 0.25) is 0 Å². The van der Waals surface area contributed by atoms with Crippen LogP contribution in [0.5, 0.6) is 0 Å². The van der Waals surface area contributed by atoms with E-state index in [1.165, 1.54) is 0 Å². The lowest BCUT2D eigenvalue weighted by molar-refractivity contribution is 0.963. The molecule has 0 saturated heterocycles. The molecule has 2 heterocycles. The topological polar surface area (TPSA) is 66.0 Å². The molecule has 0 saturated carbocycles. The van der Waals surface area contributed by atoms with Gasteiger partial charge in [-0.2, -0.15) is 5.10 Å². The van der Waals surface area contributed by atoms with Crippen LogP contribution in [0.2, 0.25) is 0 Å². The number of thioether (sulfide) groups is 1. The summed E-state index contributed by atoms with van der Waals surface area (Å²) in [4.78, 5) is 8.46. The first-order valence-electron chi connectivity index (χ1n) is 4.13. The van der Waals surface area contributed by atoms with Crippen molar-refractivity contribution in [2.45, 2.75) is 12.7 Å². The second-order valence-corrected chi connectivity index (χ2v) is 3.70. The van der Waals surface area contributed by atoms with Gasteiger partial charge in [0.15, 0.2) is 11.0 Å². The Morgan fingerprint density at radius 3 is 3.08 bits per heavy atom. The molecule has 0 bridgehead atoms. The van der Waals surface area contributed by atoms with Crippen molar-refractivity contribution in [2.24, 2.45) is 4.99 Å². The average molecular weight is 197 g/mol. The van der Waals surface area contributed by atoms with Gasteiger partial charge < -0.3 is 5.32 Å². The summed E-state index contributed by atoms with van der Waals surface area (Å²) in [5.74, 6) is 2.46. The molecule has 13 heavy (non-hydrogen) atoms. The molecular formula is C7H11N5S. The van der Waals surface area contributed by atoms with Crippen LogP contribution in [0.15, 0.2) is 4.99 Å². The Labute approximate surface area is 80.4 Å². The number of hydrogen-bond acceptors (Lipinski definition) is 5. The highest BCUT2D eigenvalue weighted by Crippen LogP contribution is 2.10. The van der Waals surface area contributed by atoms with E-state index in [4.69, 9.17) is 0 Å². The molecule has 1 aliphatic heterocycles. The number of hydrogen-bond donors (Lipinski definition) is 2. The third-order valence-corrected chi connectivity index (χ3v) is 2.57. The van der Waals surface area contributed by atoms with Crippen LogP contribution in [-0.2, 0) is 5.75 Å². The molecule has 0 fully saturated rings. The fourth-order valence-electron chi connectivity index (χ4n) is 1.06. The summed E-state index contributed by atoms with van der Waals surface area (Å²) in [6.07, 6.45) is 0. The van der Waals surface area contributed by atoms with E-state index in [1.54, 1.807) is 11.8 Å². The SMILES string of the molecule is Cc1nc(CSC2=NCCN2)n[nH]1. The van der Waals surface area contributed by atoms with Crippen molar-refractivity contribution >= 4 is 16.9 Å². The average Bonchev–Trinajstić information content (AvgIpc) is 2.71. The number of H-pyrrole nitrogens is 1. The molecule has 0 atom stereocenters. The monoisotopic (exact) mass is 197 g/mol. The summed E-state index contributed by atoms with van der Waals surface area (Å²) < 4.78 is 0. The van der Waals surface area contributed by atoms with Crippen molar-refractivity contribution in [2.75, 3.05) is 13.1 Å². The van der Waals surface area contributed by atoms with Crippen LogP contribution in [0.4, 0.5) is 0 Å². The zero-order valence-corrected chi connectivity index (χ0v) is 8.19. The molecule has 0 spiro atoms. The Hall–Kier alpha value is -1.04. The first kappa shape index (κ1) is 8.55. The lowest BCUT2D eigenvalue weighted by Crippen LogP contribution is -2.15. The van der Waals surface area contributed by atoms with E-state index in [-0.39, 0.29) is 0 Å². The molecule has 1 aromatic heterocycles. The number of aromatic nitrogens is 3. The van der Waals surface area contributed by atoms with Crippen molar-refractivity contribution in [1.29, 1.82) is 0 Å². The van der Waals surface area contributed by atoms with Crippen molar-refractivity contribution < 1.29 is 0 Å². The summed E-state index contributed by atoms with van der Waals surface area (Å²) in [5, 5.41) is 11.0. The van der Waals surface area contributed by atoms with Crippen molar-refractivity contribution in [3.8, 4) is 0 Å². The molecule has 0 unspecified atom stereocenters. The van der Waals surface area contributed by atoms with Gasteiger partial charge in [-0.25, -0.2) is 4.98 Å². The van der Waals surface area contributed by atoms with Crippen LogP contribution in [0.1, 0.15) is 11.6 Å². The molecule has 5 nitrogen and oxygen atoms in total. The molecule has 1 aliphatic rings. The normalized spacial score (nSPS) is 15.6. The van der Waals surface area contributed by atoms with E-state index in [0.717, 1.165) is 35.7 Å². The van der Waals surface area contributed by atoms with E-state index in [1.807, 2.05) is 6.92 Å². The molecule has 0 aliphatic carbocycles. The molecule has 70 valence electrons. The van der Waals surface area contributed by atoms with Gasteiger partial charge in [0, 0.05) is 6.54 Å². The van der Waals surface area contributed by atoms with Crippen LogP contribution in [0, 0.1) is 6.92 Å². The van der Waals surface area contributed by atoms with Gasteiger partial charge >= 0.3 is 0 Å². The minimum absolute atomic E-state index is 0.774. The van der Waals surface area contributed by atoms with E-state index in [2.05, 4.69) is 25.5 Å². The van der Waals surface area contributed by atoms with Crippen LogP contribution >= 0.6 is 11.8 Å². The molecule has 0 radical (unpaired) electrons. The Morgan fingerprint density at radius 1 is 1.54 bits per heavy atom. The molecule has 0 aromatic carbocycles. The summed E-state index contributed by atoms with van der Waals surface area (Å²) >= 11 is 1.64. The van der Waals surface area contributed by atoms with E-state index in [9.17, 15) is 0 Å². The van der Waals surface area contributed by atoms with Crippen LogP contribution in [0.3, 0.4) is 0 Å². The standard InChI is InChI=1S/C7H11N5S/c1-5-10-6(12-11-5)4-13-7-8-2-3-9-7/h2-4H2,1H3,(H,8,9)(H,10,11,12). The second kappa shape index (κ2) is 3.78. The van der Waals surface area contributed by atoms with Crippen LogP contribution in [0.25, 0.3) is 0 Å². The van der Waals surface area contributed by atoms with Gasteiger partial charge in [0.25, 0.3) is 0 Å². The fourth-order valence-corrected chi connectivity index (χ4v) is 1.84. The van der Waals surface area contributed by atoms with E-state index < -0.39 is 0 Å². The zero-order valence-electron chi connectivity index (χ0n) is 7.37. The largest absolute Gasteiger partial charge is 0.363 e. The number of aromatic amines is 1. The Bertz CT molecular complexity index is 318. The maximum absolute atomic E-state index is 4.26. The molecular weight excluding hydrogens is 186 g/mol. The van der Waals surface area contributed by atoms with Crippen molar-refractivity contribution in [1.82, 2.24) is 20.5 Å². The van der Waals surface area contributed by atoms with Gasteiger partial charge in [0.1, 0.15) is 5.82 Å². The first-order valence-corrected chi connectivity index (χ1v) is 5.12. The zero-order chi connectivity index (χ0) is 9.10. The fraction of sp³-hybridized carbons (Fsp3) is 0.571. The molecule has 0 amide bonds. The quantitative estimate of drug-likeness (QED) is 0.716. The molecule has 2 N–H and O–H groups in total. The lowest BCUT2D eigenvalue weighted by atomic mass is 10.7. The Balaban J connectivity index is 1.85. The van der Waals surface area contributed by atoms with Gasteiger partial charge in [-0.1, -0.05) is 11.8 Å². The minimum atomic E-state index is 0.774. The smallest absolute Gasteiger partial charge is 0.161 e. The first-order chi connectivity index (χ1) is 6.34. The van der Waals surface area contributed by atoms with E-state index in [0.29, 0.717) is 0 Å². The van der Waals surface area contributed by atoms with Crippen LogP contribution < -0.4 is 5.32 Å². The third-order valence-electron chi connectivity index (χ3n) is 1.62. The highest BCUT2D eigenvalue weighted by molar-refractivity contribution is 8.13. The highest BCUT2D eigenvalue weighted by atomic mass is 32.2. The minimum Gasteiger partial charge on any atom is -0.363 e. The summed E-state index contributed by atoms with van der Waals surface area (Å²) in [6.45, 7) is 3.73. The maximum Gasteiger partial charge on any atom is 0.161 e. The number of nitrogens with zero attached hydrogens (tertiary/aromatic N) is 3. The van der Waals surface area contributed by atoms with Gasteiger partial charge in [0.05, 0.1) is 12.3 Å². The molecule has 6 heteroatoms. The predicted molar refractivity (Wildman–Crippen MR) is 52.7 cm³/mol. The Morgan fingerprint density at radius 2 is 2.46 bits per heavy atom. The lowest BCUT2D eigenvalue weighted by Gasteiger charge is -1.97. The summed E-state index contributed by atoms with van der Waals surface area (Å²) in [5.41, 5.74) is 0.